The van der Waals surface area contributed by atoms with Crippen molar-refractivity contribution in [2.24, 2.45) is 5.92 Å². The second kappa shape index (κ2) is 5.46. The van der Waals surface area contributed by atoms with Crippen molar-refractivity contribution in [2.75, 3.05) is 5.32 Å². The highest BCUT2D eigenvalue weighted by atomic mass is 35.5. The molecular formula is C14H13Cl2N3O. The van der Waals surface area contributed by atoms with Gasteiger partial charge in [0.05, 0.1) is 16.4 Å². The van der Waals surface area contributed by atoms with E-state index in [1.54, 1.807) is 18.2 Å². The summed E-state index contributed by atoms with van der Waals surface area (Å²) in [5.74, 6) is -0.0236. The summed E-state index contributed by atoms with van der Waals surface area (Å²) in [6.45, 7) is 0.828. The summed E-state index contributed by atoms with van der Waals surface area (Å²) in [7, 11) is 0. The molecule has 1 N–H and O–H groups in total. The van der Waals surface area contributed by atoms with Gasteiger partial charge in [-0.1, -0.05) is 23.2 Å². The Hall–Kier alpha value is -1.52. The Morgan fingerprint density at radius 1 is 1.35 bits per heavy atom. The second-order valence-electron chi connectivity index (χ2n) is 4.89. The van der Waals surface area contributed by atoms with Crippen molar-refractivity contribution in [1.29, 1.82) is 0 Å². The lowest BCUT2D eigenvalue weighted by molar-refractivity contribution is -0.120. The summed E-state index contributed by atoms with van der Waals surface area (Å²) in [5, 5.41) is 3.81. The zero-order chi connectivity index (χ0) is 14.1. The van der Waals surface area contributed by atoms with Crippen LogP contribution in [0.25, 0.3) is 0 Å². The van der Waals surface area contributed by atoms with E-state index in [2.05, 4.69) is 14.9 Å². The monoisotopic (exact) mass is 309 g/mol. The first-order chi connectivity index (χ1) is 9.63. The average molecular weight is 310 g/mol. The highest BCUT2D eigenvalue weighted by molar-refractivity contribution is 6.42. The molecule has 104 valence electrons. The first-order valence-corrected chi connectivity index (χ1v) is 7.14. The third kappa shape index (κ3) is 2.67. The highest BCUT2D eigenvalue weighted by Gasteiger charge is 2.24. The lowest BCUT2D eigenvalue weighted by Gasteiger charge is -2.23. The normalized spacial score (nSPS) is 17.6. The van der Waals surface area contributed by atoms with E-state index < -0.39 is 0 Å². The van der Waals surface area contributed by atoms with E-state index >= 15 is 0 Å². The van der Waals surface area contributed by atoms with Crippen LogP contribution in [0.2, 0.25) is 10.0 Å². The van der Waals surface area contributed by atoms with Crippen LogP contribution in [-0.2, 0) is 17.8 Å². The molecule has 2 aromatic rings. The SMILES string of the molecule is O=C(Nc1ccc(Cl)c(Cl)c1)C1CCn2cncc2C1. The number of anilines is 1. The van der Waals surface area contributed by atoms with Gasteiger partial charge in [0, 0.05) is 36.5 Å². The predicted molar refractivity (Wildman–Crippen MR) is 79.1 cm³/mol. The number of rotatable bonds is 2. The molecule has 1 amide bonds. The van der Waals surface area contributed by atoms with Crippen LogP contribution in [0.4, 0.5) is 5.69 Å². The summed E-state index contributed by atoms with van der Waals surface area (Å²) >= 11 is 11.8. The predicted octanol–water partition coefficient (Wildman–Crippen LogP) is 3.39. The molecule has 1 aromatic heterocycles. The third-order valence-corrected chi connectivity index (χ3v) is 4.27. The molecule has 1 aliphatic rings. The Bertz CT molecular complexity index is 654. The Kier molecular flexibility index (Phi) is 3.68. The van der Waals surface area contributed by atoms with Crippen LogP contribution in [-0.4, -0.2) is 15.5 Å². The number of imidazole rings is 1. The number of carbonyl (C=O) groups excluding carboxylic acids is 1. The van der Waals surface area contributed by atoms with Gasteiger partial charge in [0.15, 0.2) is 0 Å². The maximum atomic E-state index is 12.3. The van der Waals surface area contributed by atoms with E-state index in [1.165, 1.54) is 0 Å². The van der Waals surface area contributed by atoms with Gasteiger partial charge in [0.25, 0.3) is 0 Å². The lowest BCUT2D eigenvalue weighted by Crippen LogP contribution is -2.29. The molecule has 6 heteroatoms. The minimum absolute atomic E-state index is 0.0100. The molecule has 0 saturated heterocycles. The van der Waals surface area contributed by atoms with E-state index in [4.69, 9.17) is 23.2 Å². The Balaban J connectivity index is 1.69. The Morgan fingerprint density at radius 3 is 3.00 bits per heavy atom. The third-order valence-electron chi connectivity index (χ3n) is 3.53. The molecule has 3 rings (SSSR count). The fraction of sp³-hybridized carbons (Fsp3) is 0.286. The molecule has 1 aromatic carbocycles. The smallest absolute Gasteiger partial charge is 0.227 e. The number of aromatic nitrogens is 2. The number of hydrogen-bond donors (Lipinski definition) is 1. The lowest BCUT2D eigenvalue weighted by atomic mass is 9.95. The standard InChI is InChI=1S/C14H13Cl2N3O/c15-12-2-1-10(6-13(12)16)18-14(20)9-3-4-19-8-17-7-11(19)5-9/h1-2,6-9H,3-5H2,(H,18,20). The first-order valence-electron chi connectivity index (χ1n) is 6.38. The molecular weight excluding hydrogens is 297 g/mol. The van der Waals surface area contributed by atoms with Gasteiger partial charge in [-0.05, 0) is 24.6 Å². The molecule has 0 saturated carbocycles. The zero-order valence-electron chi connectivity index (χ0n) is 10.6. The second-order valence-corrected chi connectivity index (χ2v) is 5.70. The van der Waals surface area contributed by atoms with Gasteiger partial charge >= 0.3 is 0 Å². The topological polar surface area (TPSA) is 46.9 Å². The van der Waals surface area contributed by atoms with Gasteiger partial charge in [-0.3, -0.25) is 4.79 Å². The van der Waals surface area contributed by atoms with Gasteiger partial charge < -0.3 is 9.88 Å². The first kappa shape index (κ1) is 13.5. The maximum Gasteiger partial charge on any atom is 0.227 e. The van der Waals surface area contributed by atoms with E-state index in [-0.39, 0.29) is 11.8 Å². The van der Waals surface area contributed by atoms with E-state index in [9.17, 15) is 4.79 Å². The number of nitrogens with one attached hydrogen (secondary N) is 1. The number of hydrogen-bond acceptors (Lipinski definition) is 2. The number of nitrogens with zero attached hydrogens (tertiary/aromatic N) is 2. The highest BCUT2D eigenvalue weighted by Crippen LogP contribution is 2.26. The Morgan fingerprint density at radius 2 is 2.20 bits per heavy atom. The number of halogens is 2. The molecule has 0 aliphatic carbocycles. The zero-order valence-corrected chi connectivity index (χ0v) is 12.2. The van der Waals surface area contributed by atoms with Crippen molar-refractivity contribution >= 4 is 34.8 Å². The van der Waals surface area contributed by atoms with Crippen LogP contribution in [0.5, 0.6) is 0 Å². The molecule has 1 atom stereocenters. The largest absolute Gasteiger partial charge is 0.335 e. The van der Waals surface area contributed by atoms with Crippen molar-refractivity contribution < 1.29 is 4.79 Å². The van der Waals surface area contributed by atoms with Gasteiger partial charge in [-0.25, -0.2) is 4.98 Å². The van der Waals surface area contributed by atoms with Crippen LogP contribution < -0.4 is 5.32 Å². The van der Waals surface area contributed by atoms with Gasteiger partial charge in [0.2, 0.25) is 5.91 Å². The van der Waals surface area contributed by atoms with Crippen LogP contribution in [0.3, 0.4) is 0 Å². The molecule has 20 heavy (non-hydrogen) atoms. The van der Waals surface area contributed by atoms with Crippen molar-refractivity contribution in [3.63, 3.8) is 0 Å². The van der Waals surface area contributed by atoms with E-state index in [0.29, 0.717) is 22.2 Å². The summed E-state index contributed by atoms with van der Waals surface area (Å²) in [5.41, 5.74) is 1.77. The minimum Gasteiger partial charge on any atom is -0.335 e. The van der Waals surface area contributed by atoms with Gasteiger partial charge in [0.1, 0.15) is 0 Å². The number of fused-ring (bicyclic) bond motifs is 1. The van der Waals surface area contributed by atoms with Gasteiger partial charge in [-0.15, -0.1) is 0 Å². The van der Waals surface area contributed by atoms with Crippen LogP contribution in [0.1, 0.15) is 12.1 Å². The van der Waals surface area contributed by atoms with Crippen molar-refractivity contribution in [1.82, 2.24) is 9.55 Å². The molecule has 0 bridgehead atoms. The van der Waals surface area contributed by atoms with Crippen LogP contribution >= 0.6 is 23.2 Å². The maximum absolute atomic E-state index is 12.3. The number of amides is 1. The van der Waals surface area contributed by atoms with Crippen molar-refractivity contribution in [3.05, 3.63) is 46.5 Å². The summed E-state index contributed by atoms with van der Waals surface area (Å²) in [6.07, 6.45) is 5.16. The van der Waals surface area contributed by atoms with E-state index in [1.807, 2.05) is 12.5 Å². The molecule has 0 fully saturated rings. The van der Waals surface area contributed by atoms with Gasteiger partial charge in [-0.2, -0.15) is 0 Å². The summed E-state index contributed by atoms with van der Waals surface area (Å²) in [4.78, 5) is 16.4. The fourth-order valence-corrected chi connectivity index (χ4v) is 2.71. The Labute approximate surface area is 126 Å². The molecule has 0 radical (unpaired) electrons. The quantitative estimate of drug-likeness (QED) is 0.924. The molecule has 2 heterocycles. The molecule has 4 nitrogen and oxygen atoms in total. The molecule has 1 unspecified atom stereocenters. The summed E-state index contributed by atoms with van der Waals surface area (Å²) < 4.78 is 2.09. The average Bonchev–Trinajstić information content (AvgIpc) is 2.90. The van der Waals surface area contributed by atoms with Crippen LogP contribution in [0.15, 0.2) is 30.7 Å². The van der Waals surface area contributed by atoms with E-state index in [0.717, 1.165) is 18.7 Å². The number of benzene rings is 1. The molecule has 0 spiro atoms. The fourth-order valence-electron chi connectivity index (χ4n) is 2.41. The summed E-state index contributed by atoms with van der Waals surface area (Å²) in [6, 6.07) is 5.09. The molecule has 1 aliphatic heterocycles. The number of carbonyl (C=O) groups is 1. The number of aryl methyl sites for hydroxylation is 1. The van der Waals surface area contributed by atoms with Crippen molar-refractivity contribution in [2.45, 2.75) is 19.4 Å². The van der Waals surface area contributed by atoms with Crippen LogP contribution in [0, 0.1) is 5.92 Å². The minimum atomic E-state index is -0.0337. The van der Waals surface area contributed by atoms with Crippen molar-refractivity contribution in [3.8, 4) is 0 Å².